The number of hydrogen-bond acceptors (Lipinski definition) is 4. The van der Waals surface area contributed by atoms with E-state index >= 15 is 0 Å². The van der Waals surface area contributed by atoms with Crippen LogP contribution in [0.3, 0.4) is 0 Å². The maximum Gasteiger partial charge on any atom is 0.276 e. The Hall–Kier alpha value is -2.21. The van der Waals surface area contributed by atoms with Gasteiger partial charge in [0.1, 0.15) is 0 Å². The second kappa shape index (κ2) is 10.5. The average Bonchev–Trinajstić information content (AvgIpc) is 3.14. The van der Waals surface area contributed by atoms with Crippen LogP contribution in [0.15, 0.2) is 30.3 Å². The van der Waals surface area contributed by atoms with Crippen LogP contribution < -0.4 is 5.32 Å². The number of amides is 1. The van der Waals surface area contributed by atoms with Gasteiger partial charge in [0, 0.05) is 12.6 Å². The minimum Gasteiger partial charge on any atom is -0.334 e. The fourth-order valence-electron chi connectivity index (χ4n) is 4.35. The summed E-state index contributed by atoms with van der Waals surface area (Å²) in [5, 5.41) is 12.1. The van der Waals surface area contributed by atoms with Crippen molar-refractivity contribution in [1.82, 2.24) is 25.2 Å². The molecule has 158 valence electrons. The highest BCUT2D eigenvalue weighted by molar-refractivity contribution is 5.93. The summed E-state index contributed by atoms with van der Waals surface area (Å²) in [5.74, 6) is 0.0268. The molecule has 1 amide bonds. The van der Waals surface area contributed by atoms with Crippen molar-refractivity contribution >= 4 is 5.91 Å². The second-order valence-electron chi connectivity index (χ2n) is 8.08. The Balaban J connectivity index is 1.83. The Bertz CT molecular complexity index is 767. The molecule has 1 aliphatic heterocycles. The van der Waals surface area contributed by atoms with Crippen LogP contribution in [0.5, 0.6) is 0 Å². The largest absolute Gasteiger partial charge is 0.334 e. The minimum absolute atomic E-state index is 0.0268. The Morgan fingerprint density at radius 1 is 1.21 bits per heavy atom. The molecule has 0 saturated carbocycles. The summed E-state index contributed by atoms with van der Waals surface area (Å²) in [6, 6.07) is 11.0. The predicted molar refractivity (Wildman–Crippen MR) is 116 cm³/mol. The van der Waals surface area contributed by atoms with Gasteiger partial charge < -0.3 is 10.2 Å². The van der Waals surface area contributed by atoms with E-state index in [0.717, 1.165) is 63.9 Å². The molecule has 1 aromatic carbocycles. The lowest BCUT2D eigenvalue weighted by Crippen LogP contribution is -2.42. The van der Waals surface area contributed by atoms with Gasteiger partial charge in [-0.1, -0.05) is 55.8 Å². The van der Waals surface area contributed by atoms with Crippen molar-refractivity contribution in [3.8, 4) is 0 Å². The van der Waals surface area contributed by atoms with Gasteiger partial charge in [-0.05, 0) is 57.7 Å². The SMILES string of the molecule is CCCC(Cc1ccccc1)N(CCC)C(=O)c1nnn(C2CCNCC2)c1C. The van der Waals surface area contributed by atoms with Gasteiger partial charge >= 0.3 is 0 Å². The number of aromatic nitrogens is 3. The normalized spacial score (nSPS) is 16.0. The van der Waals surface area contributed by atoms with Gasteiger partial charge in [-0.15, -0.1) is 5.10 Å². The van der Waals surface area contributed by atoms with E-state index in [1.54, 1.807) is 0 Å². The molecule has 0 bridgehead atoms. The molecule has 1 fully saturated rings. The lowest BCUT2D eigenvalue weighted by molar-refractivity contribution is 0.0659. The number of piperidine rings is 1. The fraction of sp³-hybridized carbons (Fsp3) is 0.609. The summed E-state index contributed by atoms with van der Waals surface area (Å²) in [4.78, 5) is 15.6. The molecule has 1 aliphatic rings. The van der Waals surface area contributed by atoms with Gasteiger partial charge in [-0.3, -0.25) is 4.79 Å². The van der Waals surface area contributed by atoms with Crippen LogP contribution >= 0.6 is 0 Å². The van der Waals surface area contributed by atoms with Crippen molar-refractivity contribution in [3.63, 3.8) is 0 Å². The third kappa shape index (κ3) is 5.24. The quantitative estimate of drug-likeness (QED) is 0.699. The monoisotopic (exact) mass is 397 g/mol. The first-order valence-corrected chi connectivity index (χ1v) is 11.1. The van der Waals surface area contributed by atoms with Crippen molar-refractivity contribution in [2.45, 2.75) is 71.4 Å². The standard InChI is InChI=1S/C23H35N5O/c1-4-9-21(17-19-10-7-6-8-11-19)27(16-5-2)23(29)22-18(3)28(26-25-22)20-12-14-24-15-13-20/h6-8,10-11,20-21,24H,4-5,9,12-17H2,1-3H3. The average molecular weight is 398 g/mol. The van der Waals surface area contributed by atoms with Crippen molar-refractivity contribution in [2.24, 2.45) is 0 Å². The molecule has 6 nitrogen and oxygen atoms in total. The highest BCUT2D eigenvalue weighted by Gasteiger charge is 2.29. The molecule has 0 spiro atoms. The van der Waals surface area contributed by atoms with Crippen LogP contribution in [0.1, 0.15) is 73.7 Å². The van der Waals surface area contributed by atoms with Crippen molar-refractivity contribution in [2.75, 3.05) is 19.6 Å². The molecular weight excluding hydrogens is 362 g/mol. The van der Waals surface area contributed by atoms with Crippen LogP contribution in [0.25, 0.3) is 0 Å². The zero-order valence-corrected chi connectivity index (χ0v) is 18.1. The van der Waals surface area contributed by atoms with E-state index in [1.165, 1.54) is 5.56 Å². The highest BCUT2D eigenvalue weighted by Crippen LogP contribution is 2.23. The molecule has 2 aromatic rings. The van der Waals surface area contributed by atoms with Crippen molar-refractivity contribution < 1.29 is 4.79 Å². The second-order valence-corrected chi connectivity index (χ2v) is 8.08. The van der Waals surface area contributed by atoms with Gasteiger partial charge in [0.2, 0.25) is 0 Å². The summed E-state index contributed by atoms with van der Waals surface area (Å²) in [6.45, 7) is 9.03. The molecule has 1 aromatic heterocycles. The summed E-state index contributed by atoms with van der Waals surface area (Å²) >= 11 is 0. The first kappa shape index (κ1) is 21.5. The number of carbonyl (C=O) groups is 1. The molecule has 0 radical (unpaired) electrons. The number of rotatable bonds is 9. The van der Waals surface area contributed by atoms with E-state index in [1.807, 2.05) is 22.6 Å². The Kier molecular flexibility index (Phi) is 7.81. The smallest absolute Gasteiger partial charge is 0.276 e. The molecule has 1 N–H and O–H groups in total. The van der Waals surface area contributed by atoms with E-state index in [-0.39, 0.29) is 11.9 Å². The molecule has 1 atom stereocenters. The molecule has 3 rings (SSSR count). The zero-order chi connectivity index (χ0) is 20.6. The summed E-state index contributed by atoms with van der Waals surface area (Å²) in [6.07, 6.45) is 5.91. The number of carbonyl (C=O) groups excluding carboxylic acids is 1. The van der Waals surface area contributed by atoms with Gasteiger partial charge in [0.15, 0.2) is 5.69 Å². The summed E-state index contributed by atoms with van der Waals surface area (Å²) < 4.78 is 1.98. The predicted octanol–water partition coefficient (Wildman–Crippen LogP) is 3.77. The third-order valence-electron chi connectivity index (χ3n) is 5.89. The van der Waals surface area contributed by atoms with Crippen LogP contribution in [0.4, 0.5) is 0 Å². The topological polar surface area (TPSA) is 63.1 Å². The molecule has 2 heterocycles. The van der Waals surface area contributed by atoms with Crippen molar-refractivity contribution in [3.05, 3.63) is 47.3 Å². The number of hydrogen-bond donors (Lipinski definition) is 1. The Morgan fingerprint density at radius 2 is 1.93 bits per heavy atom. The molecule has 1 saturated heterocycles. The highest BCUT2D eigenvalue weighted by atomic mass is 16.2. The first-order chi connectivity index (χ1) is 14.2. The zero-order valence-electron chi connectivity index (χ0n) is 18.1. The number of nitrogens with zero attached hydrogens (tertiary/aromatic N) is 4. The number of nitrogens with one attached hydrogen (secondary N) is 1. The molecule has 0 aliphatic carbocycles. The van der Waals surface area contributed by atoms with E-state index in [0.29, 0.717) is 11.7 Å². The van der Waals surface area contributed by atoms with Gasteiger partial charge in [0.25, 0.3) is 5.91 Å². The van der Waals surface area contributed by atoms with Crippen molar-refractivity contribution in [1.29, 1.82) is 0 Å². The number of benzene rings is 1. The maximum absolute atomic E-state index is 13.6. The van der Waals surface area contributed by atoms with Gasteiger partial charge in [-0.2, -0.15) is 0 Å². The first-order valence-electron chi connectivity index (χ1n) is 11.1. The third-order valence-corrected chi connectivity index (χ3v) is 5.89. The molecular formula is C23H35N5O. The van der Waals surface area contributed by atoms with E-state index in [4.69, 9.17) is 0 Å². The van der Waals surface area contributed by atoms with Crippen LogP contribution in [0.2, 0.25) is 0 Å². The maximum atomic E-state index is 13.6. The summed E-state index contributed by atoms with van der Waals surface area (Å²) in [5.41, 5.74) is 2.69. The van der Waals surface area contributed by atoms with Gasteiger partial charge in [-0.25, -0.2) is 4.68 Å². The van der Waals surface area contributed by atoms with Crippen LogP contribution in [-0.4, -0.2) is 51.5 Å². The lowest BCUT2D eigenvalue weighted by Gasteiger charge is -2.31. The minimum atomic E-state index is 0.0268. The lowest BCUT2D eigenvalue weighted by atomic mass is 9.99. The fourth-order valence-corrected chi connectivity index (χ4v) is 4.35. The molecule has 29 heavy (non-hydrogen) atoms. The Labute approximate surface area is 174 Å². The van der Waals surface area contributed by atoms with Gasteiger partial charge in [0.05, 0.1) is 11.7 Å². The van der Waals surface area contributed by atoms with Crippen LogP contribution in [0, 0.1) is 6.92 Å². The molecule has 6 heteroatoms. The molecule has 1 unspecified atom stereocenters. The van der Waals surface area contributed by atoms with Crippen LogP contribution in [-0.2, 0) is 6.42 Å². The van der Waals surface area contributed by atoms with E-state index < -0.39 is 0 Å². The van der Waals surface area contributed by atoms with E-state index in [2.05, 4.69) is 53.7 Å². The van der Waals surface area contributed by atoms with E-state index in [9.17, 15) is 4.79 Å². The summed E-state index contributed by atoms with van der Waals surface area (Å²) in [7, 11) is 0. The Morgan fingerprint density at radius 3 is 2.59 bits per heavy atom.